The summed E-state index contributed by atoms with van der Waals surface area (Å²) in [5, 5.41) is 23.4. The van der Waals surface area contributed by atoms with E-state index >= 15 is 0 Å². The third kappa shape index (κ3) is 5.26. The van der Waals surface area contributed by atoms with Crippen LogP contribution in [0.1, 0.15) is 22.4 Å². The molecule has 0 unspecified atom stereocenters. The highest BCUT2D eigenvalue weighted by atomic mass is 32.2. The van der Waals surface area contributed by atoms with Gasteiger partial charge >= 0.3 is 0 Å². The van der Waals surface area contributed by atoms with E-state index in [4.69, 9.17) is 4.74 Å². The van der Waals surface area contributed by atoms with Crippen molar-refractivity contribution < 1.29 is 14.5 Å². The van der Waals surface area contributed by atoms with Crippen LogP contribution in [0.25, 0.3) is 0 Å². The van der Waals surface area contributed by atoms with Gasteiger partial charge in [-0.25, -0.2) is 4.98 Å². The maximum absolute atomic E-state index is 12.3. The van der Waals surface area contributed by atoms with Gasteiger partial charge < -0.3 is 10.1 Å². The number of methoxy groups -OCH3 is 1. The summed E-state index contributed by atoms with van der Waals surface area (Å²) in [5.41, 5.74) is 2.82. The van der Waals surface area contributed by atoms with Crippen LogP contribution >= 0.6 is 11.8 Å². The molecule has 9 heteroatoms. The van der Waals surface area contributed by atoms with Gasteiger partial charge in [-0.3, -0.25) is 14.9 Å². The van der Waals surface area contributed by atoms with E-state index in [0.29, 0.717) is 27.4 Å². The molecule has 0 atom stereocenters. The van der Waals surface area contributed by atoms with Crippen molar-refractivity contribution in [3.05, 3.63) is 56.8 Å². The Morgan fingerprint density at radius 1 is 1.41 bits per heavy atom. The zero-order valence-electron chi connectivity index (χ0n) is 15.1. The Hall–Kier alpha value is -2.96. The number of amides is 1. The van der Waals surface area contributed by atoms with E-state index in [2.05, 4.69) is 16.4 Å². The molecule has 0 saturated carbocycles. The molecule has 0 aliphatic carbocycles. The molecule has 0 aliphatic rings. The number of pyridine rings is 1. The molecule has 0 saturated heterocycles. The van der Waals surface area contributed by atoms with Crippen molar-refractivity contribution in [1.82, 2.24) is 4.98 Å². The Kier molecular flexibility index (Phi) is 6.87. The first kappa shape index (κ1) is 20.4. The first-order valence-electron chi connectivity index (χ1n) is 7.93. The van der Waals surface area contributed by atoms with Crippen molar-refractivity contribution >= 4 is 29.0 Å². The number of nitrogens with one attached hydrogen (secondary N) is 1. The van der Waals surface area contributed by atoms with Crippen LogP contribution in [0.2, 0.25) is 0 Å². The Morgan fingerprint density at radius 3 is 2.78 bits per heavy atom. The first-order chi connectivity index (χ1) is 12.8. The van der Waals surface area contributed by atoms with E-state index in [0.717, 1.165) is 17.5 Å². The maximum Gasteiger partial charge on any atom is 0.271 e. The minimum absolute atomic E-state index is 0.0136. The smallest absolute Gasteiger partial charge is 0.271 e. The van der Waals surface area contributed by atoms with Gasteiger partial charge in [0.25, 0.3) is 5.69 Å². The van der Waals surface area contributed by atoms with Gasteiger partial charge in [0.15, 0.2) is 0 Å². The van der Waals surface area contributed by atoms with E-state index in [9.17, 15) is 20.2 Å². The molecule has 0 aliphatic heterocycles. The minimum atomic E-state index is -0.517. The number of nitrogens with zero attached hydrogens (tertiary/aromatic N) is 3. The molecule has 8 nitrogen and oxygen atoms in total. The molecule has 0 bridgehead atoms. The first-order valence-corrected chi connectivity index (χ1v) is 8.91. The normalized spacial score (nSPS) is 10.3. The zero-order chi connectivity index (χ0) is 20.0. The molecule has 0 spiro atoms. The van der Waals surface area contributed by atoms with Crippen LogP contribution in [0.3, 0.4) is 0 Å². The van der Waals surface area contributed by atoms with Crippen LogP contribution < -0.4 is 5.32 Å². The molecule has 1 N–H and O–H groups in total. The fraction of sp³-hybridized carbons (Fsp3) is 0.278. The van der Waals surface area contributed by atoms with Crippen molar-refractivity contribution in [2.24, 2.45) is 0 Å². The quantitative estimate of drug-likeness (QED) is 0.440. The van der Waals surface area contributed by atoms with Gasteiger partial charge in [0, 0.05) is 24.9 Å². The summed E-state index contributed by atoms with van der Waals surface area (Å²) in [5.74, 6) is -0.330. The number of ether oxygens (including phenoxy) is 1. The highest BCUT2D eigenvalue weighted by Crippen LogP contribution is 2.26. The third-order valence-electron chi connectivity index (χ3n) is 3.65. The van der Waals surface area contributed by atoms with E-state index < -0.39 is 4.92 Å². The molecule has 27 heavy (non-hydrogen) atoms. The van der Waals surface area contributed by atoms with E-state index in [1.165, 1.54) is 12.1 Å². The molecule has 0 fully saturated rings. The van der Waals surface area contributed by atoms with Gasteiger partial charge in [-0.2, -0.15) is 5.26 Å². The van der Waals surface area contributed by atoms with Gasteiger partial charge in [0.1, 0.15) is 11.1 Å². The van der Waals surface area contributed by atoms with E-state index in [1.54, 1.807) is 33.1 Å². The number of nitro benzene ring substituents is 1. The molecule has 1 heterocycles. The van der Waals surface area contributed by atoms with Crippen LogP contribution in [-0.4, -0.2) is 28.7 Å². The Balaban J connectivity index is 2.14. The molecule has 2 aromatic rings. The summed E-state index contributed by atoms with van der Waals surface area (Å²) in [4.78, 5) is 27.0. The summed E-state index contributed by atoms with van der Waals surface area (Å²) >= 11 is 1.13. The number of anilines is 1. The highest BCUT2D eigenvalue weighted by molar-refractivity contribution is 8.00. The number of nitriles is 1. The number of hydrogen-bond acceptors (Lipinski definition) is 7. The van der Waals surface area contributed by atoms with Crippen LogP contribution in [0.15, 0.2) is 29.3 Å². The maximum atomic E-state index is 12.3. The van der Waals surface area contributed by atoms with Crippen molar-refractivity contribution in [2.45, 2.75) is 25.5 Å². The SMILES string of the molecule is COCc1cc(C)nc(SCC(=O)Nc2cc([N+](=O)[O-])ccc2C)c1C#N. The lowest BCUT2D eigenvalue weighted by atomic mass is 10.1. The average molecular weight is 386 g/mol. The average Bonchev–Trinajstić information content (AvgIpc) is 2.61. The van der Waals surface area contributed by atoms with Crippen molar-refractivity contribution in [1.29, 1.82) is 5.26 Å². The Bertz CT molecular complexity index is 924. The second-order valence-electron chi connectivity index (χ2n) is 5.74. The summed E-state index contributed by atoms with van der Waals surface area (Å²) in [7, 11) is 1.54. The summed E-state index contributed by atoms with van der Waals surface area (Å²) < 4.78 is 5.11. The van der Waals surface area contributed by atoms with Crippen LogP contribution in [0.4, 0.5) is 11.4 Å². The second-order valence-corrected chi connectivity index (χ2v) is 6.70. The van der Waals surface area contributed by atoms with Crippen LogP contribution in [0.5, 0.6) is 0 Å². The van der Waals surface area contributed by atoms with Crippen LogP contribution in [-0.2, 0) is 16.1 Å². The predicted molar refractivity (Wildman–Crippen MR) is 102 cm³/mol. The summed E-state index contributed by atoms with van der Waals surface area (Å²) in [6.45, 7) is 3.83. The third-order valence-corrected chi connectivity index (χ3v) is 4.63. The van der Waals surface area contributed by atoms with Gasteiger partial charge in [-0.1, -0.05) is 17.8 Å². The highest BCUT2D eigenvalue weighted by Gasteiger charge is 2.15. The molecule has 140 valence electrons. The monoisotopic (exact) mass is 386 g/mol. The van der Waals surface area contributed by atoms with Crippen LogP contribution in [0, 0.1) is 35.3 Å². The topological polar surface area (TPSA) is 118 Å². The molecular weight excluding hydrogens is 368 g/mol. The van der Waals surface area contributed by atoms with Crippen molar-refractivity contribution in [3.63, 3.8) is 0 Å². The summed E-state index contributed by atoms with van der Waals surface area (Å²) in [6, 6.07) is 8.16. The van der Waals surface area contributed by atoms with Gasteiger partial charge in [-0.15, -0.1) is 0 Å². The molecule has 1 aromatic carbocycles. The predicted octanol–water partition coefficient (Wildman–Crippen LogP) is 3.36. The number of rotatable bonds is 7. The fourth-order valence-corrected chi connectivity index (χ4v) is 3.25. The lowest BCUT2D eigenvalue weighted by Gasteiger charge is -2.11. The number of benzene rings is 1. The van der Waals surface area contributed by atoms with Crippen molar-refractivity contribution in [3.8, 4) is 6.07 Å². The Labute approximate surface area is 160 Å². The number of nitro groups is 1. The van der Waals surface area contributed by atoms with Gasteiger partial charge in [0.05, 0.1) is 28.5 Å². The zero-order valence-corrected chi connectivity index (χ0v) is 15.9. The Morgan fingerprint density at radius 2 is 2.15 bits per heavy atom. The number of aryl methyl sites for hydroxylation is 2. The molecule has 1 aromatic heterocycles. The van der Waals surface area contributed by atoms with Gasteiger partial charge in [0.2, 0.25) is 5.91 Å². The van der Waals surface area contributed by atoms with E-state index in [1.807, 2.05) is 0 Å². The minimum Gasteiger partial charge on any atom is -0.380 e. The van der Waals surface area contributed by atoms with E-state index in [-0.39, 0.29) is 24.0 Å². The fourth-order valence-electron chi connectivity index (χ4n) is 2.38. The number of thioether (sulfide) groups is 1. The summed E-state index contributed by atoms with van der Waals surface area (Å²) in [6.07, 6.45) is 0. The molecule has 2 rings (SSSR count). The second kappa shape index (κ2) is 9.12. The largest absolute Gasteiger partial charge is 0.380 e. The number of carbonyl (C=O) groups is 1. The number of carbonyl (C=O) groups excluding carboxylic acids is 1. The lowest BCUT2D eigenvalue weighted by Crippen LogP contribution is -2.15. The molecular formula is C18H18N4O4S. The number of non-ortho nitro benzene ring substituents is 1. The molecule has 1 amide bonds. The van der Waals surface area contributed by atoms with Crippen molar-refractivity contribution in [2.75, 3.05) is 18.2 Å². The number of aromatic nitrogens is 1. The lowest BCUT2D eigenvalue weighted by molar-refractivity contribution is -0.384. The molecule has 0 radical (unpaired) electrons. The van der Waals surface area contributed by atoms with Gasteiger partial charge in [-0.05, 0) is 31.0 Å². The standard InChI is InChI=1S/C18H18N4O4S/c1-11-4-5-14(22(24)25)7-16(11)21-17(23)10-27-18-15(8-19)13(9-26-3)6-12(2)20-18/h4-7H,9-10H2,1-3H3,(H,21,23). The number of hydrogen-bond donors (Lipinski definition) is 1.